The number of piperidine rings is 1. The van der Waals surface area contributed by atoms with Gasteiger partial charge in [0.1, 0.15) is 5.82 Å². The molecule has 1 N–H and O–H groups in total. The van der Waals surface area contributed by atoms with Crippen molar-refractivity contribution in [2.24, 2.45) is 5.41 Å². The second-order valence-corrected chi connectivity index (χ2v) is 6.90. The number of nitrogens with zero attached hydrogens (tertiary/aromatic N) is 1. The predicted octanol–water partition coefficient (Wildman–Crippen LogP) is 3.97. The van der Waals surface area contributed by atoms with Gasteiger partial charge in [0, 0.05) is 18.5 Å². The highest BCUT2D eigenvalue weighted by Gasteiger charge is 2.44. The minimum atomic E-state index is -4.66. The Morgan fingerprint density at radius 3 is 2.57 bits per heavy atom. The molecule has 2 nitrogen and oxygen atoms in total. The Hall–Kier alpha value is -1.14. The summed E-state index contributed by atoms with van der Waals surface area (Å²) in [6, 6.07) is 3.14. The molecule has 1 spiro atoms. The molecule has 2 atom stereocenters. The van der Waals surface area contributed by atoms with Crippen LogP contribution in [-0.4, -0.2) is 29.2 Å². The van der Waals surface area contributed by atoms with Gasteiger partial charge in [0.2, 0.25) is 0 Å². The number of benzene rings is 1. The molecule has 1 aliphatic heterocycles. The molecule has 1 saturated heterocycles. The first kappa shape index (κ1) is 16.7. The lowest BCUT2D eigenvalue weighted by molar-refractivity contribution is -0.140. The molecular formula is C17H21F4NO. The number of hydrogen-bond donors (Lipinski definition) is 1. The van der Waals surface area contributed by atoms with Crippen molar-refractivity contribution < 1.29 is 22.7 Å². The molecule has 128 valence electrons. The van der Waals surface area contributed by atoms with Crippen LogP contribution in [0.4, 0.5) is 17.6 Å². The van der Waals surface area contributed by atoms with E-state index >= 15 is 0 Å². The van der Waals surface area contributed by atoms with Gasteiger partial charge in [-0.2, -0.15) is 13.2 Å². The molecule has 6 heteroatoms. The van der Waals surface area contributed by atoms with Crippen molar-refractivity contribution >= 4 is 0 Å². The maximum atomic E-state index is 13.7. The zero-order valence-electron chi connectivity index (χ0n) is 12.9. The van der Waals surface area contributed by atoms with E-state index in [1.54, 1.807) is 0 Å². The summed E-state index contributed by atoms with van der Waals surface area (Å²) in [5.41, 5.74) is -0.759. The summed E-state index contributed by atoms with van der Waals surface area (Å²) in [6.07, 6.45) is -0.175. The van der Waals surface area contributed by atoms with Gasteiger partial charge >= 0.3 is 6.18 Å². The molecule has 1 heterocycles. The lowest BCUT2D eigenvalue weighted by Gasteiger charge is -2.42. The number of aliphatic hydroxyl groups is 1. The largest absolute Gasteiger partial charge is 0.419 e. The maximum absolute atomic E-state index is 13.7. The average Bonchev–Trinajstić information content (AvgIpc) is 2.78. The summed E-state index contributed by atoms with van der Waals surface area (Å²) >= 11 is 0. The summed E-state index contributed by atoms with van der Waals surface area (Å²) in [4.78, 5) is 2.13. The van der Waals surface area contributed by atoms with Gasteiger partial charge in [-0.3, -0.25) is 4.90 Å². The lowest BCUT2D eigenvalue weighted by atomic mass is 9.76. The summed E-state index contributed by atoms with van der Waals surface area (Å²) in [5, 5.41) is 10.2. The number of hydrogen-bond acceptors (Lipinski definition) is 2. The second kappa shape index (κ2) is 6.06. The van der Waals surface area contributed by atoms with Crippen molar-refractivity contribution in [1.29, 1.82) is 0 Å². The van der Waals surface area contributed by atoms with Crippen LogP contribution in [0.3, 0.4) is 0 Å². The summed E-state index contributed by atoms with van der Waals surface area (Å²) in [6.45, 7) is 1.98. The van der Waals surface area contributed by atoms with E-state index in [2.05, 4.69) is 4.90 Å². The molecule has 0 aromatic heterocycles. The zero-order chi connectivity index (χ0) is 16.7. The molecule has 2 fully saturated rings. The summed E-state index contributed by atoms with van der Waals surface area (Å²) in [5.74, 6) is -1.22. The van der Waals surface area contributed by atoms with Crippen LogP contribution >= 0.6 is 0 Å². The first-order valence-corrected chi connectivity index (χ1v) is 8.06. The van der Waals surface area contributed by atoms with E-state index in [-0.39, 0.29) is 11.5 Å². The fourth-order valence-electron chi connectivity index (χ4n) is 4.13. The van der Waals surface area contributed by atoms with Crippen LogP contribution in [-0.2, 0) is 12.7 Å². The molecule has 0 amide bonds. The molecule has 1 aromatic carbocycles. The fourth-order valence-corrected chi connectivity index (χ4v) is 4.13. The third-order valence-corrected chi connectivity index (χ3v) is 5.29. The van der Waals surface area contributed by atoms with Gasteiger partial charge in [0.05, 0.1) is 11.7 Å². The second-order valence-electron chi connectivity index (χ2n) is 6.90. The summed E-state index contributed by atoms with van der Waals surface area (Å²) in [7, 11) is 0. The van der Waals surface area contributed by atoms with Crippen LogP contribution in [0.5, 0.6) is 0 Å². The van der Waals surface area contributed by atoms with Gasteiger partial charge in [-0.25, -0.2) is 4.39 Å². The van der Waals surface area contributed by atoms with E-state index in [0.29, 0.717) is 12.1 Å². The molecule has 1 saturated carbocycles. The van der Waals surface area contributed by atoms with Gasteiger partial charge in [-0.05, 0) is 49.9 Å². The first-order chi connectivity index (χ1) is 10.8. The Labute approximate surface area is 133 Å². The molecule has 3 rings (SSSR count). The van der Waals surface area contributed by atoms with Gasteiger partial charge in [-0.1, -0.05) is 12.5 Å². The van der Waals surface area contributed by atoms with Crippen molar-refractivity contribution in [3.63, 3.8) is 0 Å². The Bertz CT molecular complexity index is 574. The van der Waals surface area contributed by atoms with Crippen LogP contribution in [0.1, 0.15) is 43.2 Å². The Morgan fingerprint density at radius 2 is 1.96 bits per heavy atom. The normalized spacial score (nSPS) is 29.3. The molecule has 2 aliphatic rings. The molecule has 1 aromatic rings. The molecule has 23 heavy (non-hydrogen) atoms. The monoisotopic (exact) mass is 331 g/mol. The fraction of sp³-hybridized carbons (Fsp3) is 0.647. The van der Waals surface area contributed by atoms with E-state index in [0.717, 1.165) is 57.3 Å². The average molecular weight is 331 g/mol. The van der Waals surface area contributed by atoms with Crippen LogP contribution in [0, 0.1) is 11.2 Å². The summed E-state index contributed by atoms with van der Waals surface area (Å²) < 4.78 is 51.5. The Kier molecular flexibility index (Phi) is 4.40. The number of likely N-dealkylation sites (tertiary alicyclic amines) is 1. The lowest BCUT2D eigenvalue weighted by Crippen LogP contribution is -2.46. The Morgan fingerprint density at radius 1 is 1.22 bits per heavy atom. The Balaban J connectivity index is 1.71. The number of alkyl halides is 3. The number of halogens is 4. The van der Waals surface area contributed by atoms with Gasteiger partial charge in [0.25, 0.3) is 0 Å². The minimum Gasteiger partial charge on any atom is -0.393 e. The van der Waals surface area contributed by atoms with Crippen molar-refractivity contribution in [3.8, 4) is 0 Å². The van der Waals surface area contributed by atoms with Crippen molar-refractivity contribution in [2.75, 3.05) is 13.1 Å². The zero-order valence-corrected chi connectivity index (χ0v) is 12.9. The molecule has 1 aliphatic carbocycles. The number of aliphatic hydroxyl groups excluding tert-OH is 1. The quantitative estimate of drug-likeness (QED) is 0.829. The van der Waals surface area contributed by atoms with E-state index < -0.39 is 17.6 Å². The highest BCUT2D eigenvalue weighted by Crippen LogP contribution is 2.45. The van der Waals surface area contributed by atoms with Crippen LogP contribution < -0.4 is 0 Å². The molecule has 0 bridgehead atoms. The predicted molar refractivity (Wildman–Crippen MR) is 78.2 cm³/mol. The van der Waals surface area contributed by atoms with Gasteiger partial charge in [0.15, 0.2) is 0 Å². The standard InChI is InChI=1S/C17H21F4NO/c18-14-9-12(4-5-13(14)17(19,20)21)10-22-8-2-7-16(11-22)6-1-3-15(16)23/h4-5,9,15,23H,1-3,6-8,10-11H2/t15-,16-/m1/s1. The van der Waals surface area contributed by atoms with Crippen LogP contribution in [0.25, 0.3) is 0 Å². The molecule has 0 radical (unpaired) electrons. The van der Waals surface area contributed by atoms with Crippen molar-refractivity contribution in [3.05, 3.63) is 35.1 Å². The smallest absolute Gasteiger partial charge is 0.393 e. The maximum Gasteiger partial charge on any atom is 0.419 e. The third-order valence-electron chi connectivity index (χ3n) is 5.29. The molecule has 0 unspecified atom stereocenters. The SMILES string of the molecule is O[C@@H]1CCC[C@]12CCCN(Cc1ccc(C(F)(F)F)c(F)c1)C2. The van der Waals surface area contributed by atoms with Crippen molar-refractivity contribution in [1.82, 2.24) is 4.90 Å². The highest BCUT2D eigenvalue weighted by atomic mass is 19.4. The number of rotatable bonds is 2. The van der Waals surface area contributed by atoms with Crippen molar-refractivity contribution in [2.45, 2.75) is 50.9 Å². The van der Waals surface area contributed by atoms with Gasteiger partial charge in [-0.15, -0.1) is 0 Å². The van der Waals surface area contributed by atoms with E-state index in [9.17, 15) is 22.7 Å². The van der Waals surface area contributed by atoms with Gasteiger partial charge < -0.3 is 5.11 Å². The topological polar surface area (TPSA) is 23.5 Å². The third kappa shape index (κ3) is 3.38. The highest BCUT2D eigenvalue weighted by molar-refractivity contribution is 5.26. The first-order valence-electron chi connectivity index (χ1n) is 8.06. The van der Waals surface area contributed by atoms with E-state index in [1.165, 1.54) is 6.07 Å². The molecular weight excluding hydrogens is 310 g/mol. The van der Waals surface area contributed by atoms with E-state index in [1.807, 2.05) is 0 Å². The van der Waals surface area contributed by atoms with E-state index in [4.69, 9.17) is 0 Å². The van der Waals surface area contributed by atoms with Crippen LogP contribution in [0.2, 0.25) is 0 Å². The van der Waals surface area contributed by atoms with Crippen LogP contribution in [0.15, 0.2) is 18.2 Å². The minimum absolute atomic E-state index is 0.0806.